The standard InChI is InChI=1S/C18H17Cl2N3O2/c19-12-6-7-13(14(20)10-12)17(25)11-23-16-5-2-1-4-15(16)22-18(23)21-8-3-9-24/h1-2,4-7,10,24H,3,8-9,11H2,(H,21,22)/p+1. The van der Waals surface area contributed by atoms with E-state index in [4.69, 9.17) is 28.3 Å². The largest absolute Gasteiger partial charge is 0.396 e. The first-order chi connectivity index (χ1) is 12.1. The van der Waals surface area contributed by atoms with Gasteiger partial charge in [0.2, 0.25) is 0 Å². The molecule has 3 rings (SSSR count). The van der Waals surface area contributed by atoms with E-state index >= 15 is 0 Å². The molecule has 0 fully saturated rings. The topological polar surface area (TPSA) is 69.0 Å². The number of hydrogen-bond donors (Lipinski definition) is 3. The highest BCUT2D eigenvalue weighted by atomic mass is 35.5. The van der Waals surface area contributed by atoms with Crippen molar-refractivity contribution in [1.82, 2.24) is 4.98 Å². The van der Waals surface area contributed by atoms with Gasteiger partial charge in [-0.2, -0.15) is 0 Å². The summed E-state index contributed by atoms with van der Waals surface area (Å²) in [6.07, 6.45) is 0.617. The van der Waals surface area contributed by atoms with Gasteiger partial charge in [-0.05, 0) is 30.3 Å². The number of rotatable bonds is 7. The Morgan fingerprint density at radius 1 is 1.20 bits per heavy atom. The number of nitrogens with one attached hydrogen (secondary N) is 2. The number of para-hydroxylation sites is 2. The number of aromatic amines is 1. The second kappa shape index (κ2) is 7.87. The predicted octanol–water partition coefficient (Wildman–Crippen LogP) is 3.44. The fourth-order valence-electron chi connectivity index (χ4n) is 2.66. The summed E-state index contributed by atoms with van der Waals surface area (Å²) >= 11 is 12.1. The maximum Gasteiger partial charge on any atom is 0.356 e. The van der Waals surface area contributed by atoms with Gasteiger partial charge in [0.1, 0.15) is 17.6 Å². The minimum Gasteiger partial charge on any atom is -0.396 e. The van der Waals surface area contributed by atoms with Gasteiger partial charge in [-0.3, -0.25) is 10.1 Å². The van der Waals surface area contributed by atoms with Crippen molar-refractivity contribution in [2.24, 2.45) is 0 Å². The SMILES string of the molecule is O=C(C[n+]1c(NCCCO)[nH]c2ccccc21)c1ccc(Cl)cc1Cl. The lowest BCUT2D eigenvalue weighted by atomic mass is 10.1. The lowest BCUT2D eigenvalue weighted by Gasteiger charge is -2.06. The predicted molar refractivity (Wildman–Crippen MR) is 99.5 cm³/mol. The Hall–Kier alpha value is -2.08. The highest BCUT2D eigenvalue weighted by Gasteiger charge is 2.21. The summed E-state index contributed by atoms with van der Waals surface area (Å²) in [6.45, 7) is 0.832. The van der Waals surface area contributed by atoms with Crippen LogP contribution in [0.1, 0.15) is 16.8 Å². The number of hydrogen-bond acceptors (Lipinski definition) is 3. The van der Waals surface area contributed by atoms with E-state index in [1.807, 2.05) is 28.8 Å². The third-order valence-corrected chi connectivity index (χ3v) is 4.43. The van der Waals surface area contributed by atoms with Gasteiger partial charge in [-0.15, -0.1) is 0 Å². The summed E-state index contributed by atoms with van der Waals surface area (Å²) < 4.78 is 1.87. The summed E-state index contributed by atoms with van der Waals surface area (Å²) in [5.74, 6) is 0.606. The first-order valence-electron chi connectivity index (χ1n) is 7.93. The van der Waals surface area contributed by atoms with Gasteiger partial charge in [0, 0.05) is 23.6 Å². The number of benzene rings is 2. The number of anilines is 1. The molecule has 0 bridgehead atoms. The van der Waals surface area contributed by atoms with Crippen LogP contribution in [-0.4, -0.2) is 29.0 Å². The maximum atomic E-state index is 12.7. The van der Waals surface area contributed by atoms with Crippen molar-refractivity contribution in [3.8, 4) is 0 Å². The zero-order valence-electron chi connectivity index (χ0n) is 13.4. The average Bonchev–Trinajstić information content (AvgIpc) is 2.93. The minimum absolute atomic E-state index is 0.104. The van der Waals surface area contributed by atoms with Crippen molar-refractivity contribution in [1.29, 1.82) is 0 Å². The molecule has 0 amide bonds. The Morgan fingerprint density at radius 3 is 2.76 bits per heavy atom. The zero-order chi connectivity index (χ0) is 17.8. The summed E-state index contributed by atoms with van der Waals surface area (Å²) in [5, 5.41) is 13.0. The van der Waals surface area contributed by atoms with E-state index < -0.39 is 0 Å². The molecule has 0 aliphatic heterocycles. The van der Waals surface area contributed by atoms with Crippen molar-refractivity contribution in [3.63, 3.8) is 0 Å². The van der Waals surface area contributed by atoms with Crippen LogP contribution < -0.4 is 9.88 Å². The second-order valence-electron chi connectivity index (χ2n) is 5.63. The highest BCUT2D eigenvalue weighted by molar-refractivity contribution is 6.36. The number of nitrogens with zero attached hydrogens (tertiary/aromatic N) is 1. The van der Waals surface area contributed by atoms with Gasteiger partial charge >= 0.3 is 5.95 Å². The molecule has 1 heterocycles. The van der Waals surface area contributed by atoms with Gasteiger partial charge in [0.25, 0.3) is 0 Å². The van der Waals surface area contributed by atoms with Gasteiger partial charge in [0.15, 0.2) is 5.78 Å². The van der Waals surface area contributed by atoms with Crippen LogP contribution >= 0.6 is 23.2 Å². The molecule has 0 saturated heterocycles. The van der Waals surface area contributed by atoms with Gasteiger partial charge in [0.05, 0.1) is 11.6 Å². The van der Waals surface area contributed by atoms with Crippen LogP contribution in [0.15, 0.2) is 42.5 Å². The molecule has 5 nitrogen and oxygen atoms in total. The first-order valence-corrected chi connectivity index (χ1v) is 8.69. The molecule has 0 atom stereocenters. The van der Waals surface area contributed by atoms with Crippen LogP contribution in [0.4, 0.5) is 5.95 Å². The zero-order valence-corrected chi connectivity index (χ0v) is 14.9. The molecule has 1 aromatic heterocycles. The summed E-state index contributed by atoms with van der Waals surface area (Å²) in [5.41, 5.74) is 2.27. The normalized spacial score (nSPS) is 11.0. The van der Waals surface area contributed by atoms with E-state index in [1.165, 1.54) is 0 Å². The van der Waals surface area contributed by atoms with E-state index in [9.17, 15) is 4.79 Å². The summed E-state index contributed by atoms with van der Waals surface area (Å²) in [7, 11) is 0. The van der Waals surface area contributed by atoms with Crippen molar-refractivity contribution in [2.45, 2.75) is 13.0 Å². The minimum atomic E-state index is -0.110. The van der Waals surface area contributed by atoms with Gasteiger partial charge < -0.3 is 5.11 Å². The lowest BCUT2D eigenvalue weighted by molar-refractivity contribution is -0.642. The number of aromatic nitrogens is 2. The molecule has 0 aliphatic carbocycles. The molecule has 0 saturated carbocycles. The number of carbonyl (C=O) groups is 1. The molecule has 25 heavy (non-hydrogen) atoms. The smallest absolute Gasteiger partial charge is 0.356 e. The third-order valence-electron chi connectivity index (χ3n) is 3.88. The van der Waals surface area contributed by atoms with Crippen LogP contribution in [0.25, 0.3) is 11.0 Å². The Balaban J connectivity index is 1.93. The second-order valence-corrected chi connectivity index (χ2v) is 6.47. The van der Waals surface area contributed by atoms with Crippen molar-refractivity contribution >= 4 is 46.0 Å². The summed E-state index contributed by atoms with van der Waals surface area (Å²) in [6, 6.07) is 12.6. The number of imidazole rings is 1. The van der Waals surface area contributed by atoms with Crippen molar-refractivity contribution in [3.05, 3.63) is 58.1 Å². The number of carbonyl (C=O) groups excluding carboxylic acids is 1. The third kappa shape index (κ3) is 3.95. The number of H-pyrrole nitrogens is 1. The maximum absolute atomic E-state index is 12.7. The van der Waals surface area contributed by atoms with Crippen molar-refractivity contribution in [2.75, 3.05) is 18.5 Å². The summed E-state index contributed by atoms with van der Waals surface area (Å²) in [4.78, 5) is 16.0. The average molecular weight is 379 g/mol. The molecule has 0 spiro atoms. The number of ketones is 1. The molecular formula is C18H18Cl2N3O2+. The fourth-order valence-corrected chi connectivity index (χ4v) is 3.18. The van der Waals surface area contributed by atoms with E-state index in [2.05, 4.69) is 10.3 Å². The molecule has 130 valence electrons. The van der Waals surface area contributed by atoms with E-state index in [0.29, 0.717) is 34.5 Å². The van der Waals surface area contributed by atoms with E-state index in [-0.39, 0.29) is 18.9 Å². The van der Waals surface area contributed by atoms with E-state index in [1.54, 1.807) is 18.2 Å². The number of halogens is 2. The number of aliphatic hydroxyl groups is 1. The lowest BCUT2D eigenvalue weighted by Crippen LogP contribution is -2.40. The molecule has 0 aliphatic rings. The van der Waals surface area contributed by atoms with Gasteiger partial charge in [-0.1, -0.05) is 35.3 Å². The quantitative estimate of drug-likeness (QED) is 0.335. The Kier molecular flexibility index (Phi) is 5.58. The molecule has 7 heteroatoms. The van der Waals surface area contributed by atoms with Crippen LogP contribution in [0.2, 0.25) is 10.0 Å². The van der Waals surface area contributed by atoms with Crippen LogP contribution in [0.5, 0.6) is 0 Å². The number of Topliss-reactive ketones (excluding diaryl/α,β-unsaturated/α-hetero) is 1. The molecule has 0 unspecified atom stereocenters. The molecule has 3 aromatic rings. The van der Waals surface area contributed by atoms with Gasteiger partial charge in [-0.25, -0.2) is 9.55 Å². The van der Waals surface area contributed by atoms with E-state index in [0.717, 1.165) is 11.0 Å². The Morgan fingerprint density at radius 2 is 2.00 bits per heavy atom. The molecule has 3 N–H and O–H groups in total. The molecular weight excluding hydrogens is 361 g/mol. The first kappa shape index (κ1) is 17.7. The van der Waals surface area contributed by atoms with Crippen molar-refractivity contribution < 1.29 is 14.5 Å². The molecule has 0 radical (unpaired) electrons. The Bertz CT molecular complexity index is 908. The highest BCUT2D eigenvalue weighted by Crippen LogP contribution is 2.22. The Labute approximate surface area is 155 Å². The number of fused-ring (bicyclic) bond motifs is 1. The number of aliphatic hydroxyl groups excluding tert-OH is 1. The molecule has 2 aromatic carbocycles. The van der Waals surface area contributed by atoms with Crippen LogP contribution in [0, 0.1) is 0 Å². The monoisotopic (exact) mass is 378 g/mol. The fraction of sp³-hybridized carbons (Fsp3) is 0.222. The van der Waals surface area contributed by atoms with Crippen LogP contribution in [0.3, 0.4) is 0 Å². The van der Waals surface area contributed by atoms with Crippen LogP contribution in [-0.2, 0) is 6.54 Å².